The zero-order valence-electron chi connectivity index (χ0n) is 7.12. The Morgan fingerprint density at radius 1 is 1.58 bits per heavy atom. The van der Waals surface area contributed by atoms with Gasteiger partial charge in [-0.25, -0.2) is 0 Å². The SMILES string of the molecule is NCC(NC1CCCC1)C(=O)O. The summed E-state index contributed by atoms with van der Waals surface area (Å²) in [6, 6.07) is -0.192. The van der Waals surface area contributed by atoms with Crippen LogP contribution in [0.4, 0.5) is 0 Å². The summed E-state index contributed by atoms with van der Waals surface area (Å²) in [7, 11) is 0. The van der Waals surface area contributed by atoms with E-state index in [-0.39, 0.29) is 6.54 Å². The minimum Gasteiger partial charge on any atom is -0.480 e. The first-order valence-corrected chi connectivity index (χ1v) is 4.43. The van der Waals surface area contributed by atoms with E-state index in [1.807, 2.05) is 0 Å². The Bertz CT molecular complexity index is 155. The highest BCUT2D eigenvalue weighted by Gasteiger charge is 2.22. The van der Waals surface area contributed by atoms with Gasteiger partial charge < -0.3 is 16.2 Å². The van der Waals surface area contributed by atoms with Gasteiger partial charge in [0.1, 0.15) is 6.04 Å². The van der Waals surface area contributed by atoms with Crippen molar-refractivity contribution in [1.82, 2.24) is 5.32 Å². The molecule has 70 valence electrons. The third-order valence-electron chi connectivity index (χ3n) is 2.33. The first-order valence-electron chi connectivity index (χ1n) is 4.43. The molecule has 1 atom stereocenters. The number of rotatable bonds is 4. The van der Waals surface area contributed by atoms with Crippen molar-refractivity contribution in [2.45, 2.75) is 37.8 Å². The molecule has 0 radical (unpaired) electrons. The molecule has 4 heteroatoms. The van der Waals surface area contributed by atoms with Gasteiger partial charge in [0, 0.05) is 12.6 Å². The van der Waals surface area contributed by atoms with Crippen LogP contribution in [-0.4, -0.2) is 29.7 Å². The number of aliphatic carboxylic acids is 1. The lowest BCUT2D eigenvalue weighted by molar-refractivity contribution is -0.139. The lowest BCUT2D eigenvalue weighted by Crippen LogP contribution is -2.46. The Balaban J connectivity index is 2.30. The molecule has 0 saturated heterocycles. The van der Waals surface area contributed by atoms with Crippen LogP contribution in [0.25, 0.3) is 0 Å². The van der Waals surface area contributed by atoms with Gasteiger partial charge in [0.25, 0.3) is 0 Å². The normalized spacial score (nSPS) is 21.1. The maximum atomic E-state index is 10.6. The van der Waals surface area contributed by atoms with Gasteiger partial charge in [-0.05, 0) is 12.8 Å². The van der Waals surface area contributed by atoms with E-state index < -0.39 is 12.0 Å². The standard InChI is InChI=1S/C8H16N2O2/c9-5-7(8(11)12)10-6-3-1-2-4-6/h6-7,10H,1-5,9H2,(H,11,12). The number of hydrogen-bond donors (Lipinski definition) is 3. The second-order valence-electron chi connectivity index (χ2n) is 3.27. The molecule has 0 amide bonds. The lowest BCUT2D eigenvalue weighted by Gasteiger charge is -2.17. The summed E-state index contributed by atoms with van der Waals surface area (Å²) in [5.74, 6) is -0.843. The first-order chi connectivity index (χ1) is 5.74. The molecule has 0 aromatic rings. The summed E-state index contributed by atoms with van der Waals surface area (Å²) in [6.45, 7) is 0.172. The molecule has 0 aliphatic heterocycles. The van der Waals surface area contributed by atoms with Crippen LogP contribution in [0.15, 0.2) is 0 Å². The third-order valence-corrected chi connectivity index (χ3v) is 2.33. The Kier molecular flexibility index (Phi) is 3.49. The first kappa shape index (κ1) is 9.48. The predicted octanol–water partition coefficient (Wildman–Crippen LogP) is -0.0695. The molecule has 0 aromatic carbocycles. The maximum absolute atomic E-state index is 10.6. The molecule has 1 rings (SSSR count). The van der Waals surface area contributed by atoms with Gasteiger partial charge >= 0.3 is 5.97 Å². The fourth-order valence-electron chi connectivity index (χ4n) is 1.62. The van der Waals surface area contributed by atoms with Gasteiger partial charge in [-0.2, -0.15) is 0 Å². The molecule has 0 spiro atoms. The monoisotopic (exact) mass is 172 g/mol. The zero-order valence-corrected chi connectivity index (χ0v) is 7.12. The van der Waals surface area contributed by atoms with Crippen LogP contribution in [0.1, 0.15) is 25.7 Å². The van der Waals surface area contributed by atoms with E-state index in [1.54, 1.807) is 0 Å². The fraction of sp³-hybridized carbons (Fsp3) is 0.875. The van der Waals surface area contributed by atoms with Gasteiger partial charge in [-0.15, -0.1) is 0 Å². The minimum atomic E-state index is -0.843. The van der Waals surface area contributed by atoms with Crippen LogP contribution in [0.3, 0.4) is 0 Å². The van der Waals surface area contributed by atoms with E-state index in [1.165, 1.54) is 12.8 Å². The number of carbonyl (C=O) groups is 1. The second-order valence-corrected chi connectivity index (χ2v) is 3.27. The molecule has 1 aliphatic carbocycles. The van der Waals surface area contributed by atoms with Crippen molar-refractivity contribution in [2.75, 3.05) is 6.54 Å². The third kappa shape index (κ3) is 2.46. The van der Waals surface area contributed by atoms with Crippen LogP contribution < -0.4 is 11.1 Å². The lowest BCUT2D eigenvalue weighted by atomic mass is 10.2. The topological polar surface area (TPSA) is 75.3 Å². The van der Waals surface area contributed by atoms with Crippen molar-refractivity contribution >= 4 is 5.97 Å². The number of carboxylic acid groups (broad SMARTS) is 1. The summed E-state index contributed by atoms with van der Waals surface area (Å²) in [5.41, 5.74) is 5.31. The van der Waals surface area contributed by atoms with Crippen molar-refractivity contribution in [1.29, 1.82) is 0 Å². The molecular formula is C8H16N2O2. The number of carboxylic acids is 1. The summed E-state index contributed by atoms with van der Waals surface area (Å²) in [6.07, 6.45) is 4.58. The molecular weight excluding hydrogens is 156 g/mol. The smallest absolute Gasteiger partial charge is 0.322 e. The summed E-state index contributed by atoms with van der Waals surface area (Å²) < 4.78 is 0. The molecule has 1 aliphatic rings. The Hall–Kier alpha value is -0.610. The maximum Gasteiger partial charge on any atom is 0.322 e. The van der Waals surface area contributed by atoms with E-state index in [2.05, 4.69) is 5.32 Å². The molecule has 1 saturated carbocycles. The zero-order chi connectivity index (χ0) is 8.97. The highest BCUT2D eigenvalue weighted by Crippen LogP contribution is 2.17. The Morgan fingerprint density at radius 2 is 2.17 bits per heavy atom. The van der Waals surface area contributed by atoms with E-state index in [0.717, 1.165) is 12.8 Å². The highest BCUT2D eigenvalue weighted by molar-refractivity contribution is 5.73. The summed E-state index contributed by atoms with van der Waals surface area (Å²) in [4.78, 5) is 10.6. The number of nitrogens with two attached hydrogens (primary N) is 1. The molecule has 0 heterocycles. The van der Waals surface area contributed by atoms with E-state index in [9.17, 15) is 4.79 Å². The van der Waals surface area contributed by atoms with E-state index >= 15 is 0 Å². The van der Waals surface area contributed by atoms with Gasteiger partial charge in [-0.3, -0.25) is 4.79 Å². The molecule has 4 nitrogen and oxygen atoms in total. The molecule has 0 aromatic heterocycles. The number of nitrogens with one attached hydrogen (secondary N) is 1. The summed E-state index contributed by atoms with van der Waals surface area (Å²) in [5, 5.41) is 11.7. The van der Waals surface area contributed by atoms with Crippen molar-refractivity contribution in [2.24, 2.45) is 5.73 Å². The van der Waals surface area contributed by atoms with Crippen LogP contribution in [0.5, 0.6) is 0 Å². The van der Waals surface area contributed by atoms with Crippen molar-refractivity contribution in [3.05, 3.63) is 0 Å². The molecule has 12 heavy (non-hydrogen) atoms. The predicted molar refractivity (Wildman–Crippen MR) is 45.9 cm³/mol. The molecule has 4 N–H and O–H groups in total. The van der Waals surface area contributed by atoms with Crippen LogP contribution in [-0.2, 0) is 4.79 Å². The van der Waals surface area contributed by atoms with Gasteiger partial charge in [0.05, 0.1) is 0 Å². The second kappa shape index (κ2) is 4.42. The molecule has 1 unspecified atom stereocenters. The summed E-state index contributed by atoms with van der Waals surface area (Å²) >= 11 is 0. The minimum absolute atomic E-state index is 0.172. The van der Waals surface area contributed by atoms with Gasteiger partial charge in [0.15, 0.2) is 0 Å². The van der Waals surface area contributed by atoms with Crippen molar-refractivity contribution in [3.63, 3.8) is 0 Å². The highest BCUT2D eigenvalue weighted by atomic mass is 16.4. The van der Waals surface area contributed by atoms with Crippen molar-refractivity contribution in [3.8, 4) is 0 Å². The average Bonchev–Trinajstić information content (AvgIpc) is 2.51. The average molecular weight is 172 g/mol. The van der Waals surface area contributed by atoms with Crippen LogP contribution >= 0.6 is 0 Å². The molecule has 0 bridgehead atoms. The molecule has 1 fully saturated rings. The van der Waals surface area contributed by atoms with Crippen LogP contribution in [0, 0.1) is 0 Å². The van der Waals surface area contributed by atoms with Crippen LogP contribution in [0.2, 0.25) is 0 Å². The fourth-order valence-corrected chi connectivity index (χ4v) is 1.62. The van der Waals surface area contributed by atoms with Gasteiger partial charge in [0.2, 0.25) is 0 Å². The van der Waals surface area contributed by atoms with E-state index in [4.69, 9.17) is 10.8 Å². The van der Waals surface area contributed by atoms with E-state index in [0.29, 0.717) is 6.04 Å². The quantitative estimate of drug-likeness (QED) is 0.555. The van der Waals surface area contributed by atoms with Crippen molar-refractivity contribution < 1.29 is 9.90 Å². The largest absolute Gasteiger partial charge is 0.480 e. The Morgan fingerprint density at radius 3 is 2.58 bits per heavy atom. The number of hydrogen-bond acceptors (Lipinski definition) is 3. The Labute approximate surface area is 72.1 Å². The van der Waals surface area contributed by atoms with Gasteiger partial charge in [-0.1, -0.05) is 12.8 Å².